The highest BCUT2D eigenvalue weighted by atomic mass is 127. The molecule has 1 aromatic carbocycles. The molecule has 0 spiro atoms. The van der Waals surface area contributed by atoms with E-state index in [1.54, 1.807) is 0 Å². The molecule has 0 unspecified atom stereocenters. The number of piperazine rings is 1. The number of nitrogens with one attached hydrogen (secondary N) is 2. The minimum Gasteiger partial charge on any atom is -0.368 e. The Kier molecular flexibility index (Phi) is 9.87. The van der Waals surface area contributed by atoms with Gasteiger partial charge in [0.05, 0.1) is 0 Å². The molecule has 0 atom stereocenters. The van der Waals surface area contributed by atoms with Gasteiger partial charge in [0.25, 0.3) is 0 Å². The maximum atomic E-state index is 12.1. The number of benzene rings is 1. The molecule has 0 aromatic heterocycles. The first-order valence-electron chi connectivity index (χ1n) is 10.3. The quantitative estimate of drug-likeness (QED) is 0.372. The molecule has 1 saturated heterocycles. The van der Waals surface area contributed by atoms with E-state index in [0.29, 0.717) is 19.0 Å². The number of hydrogen-bond acceptors (Lipinski definition) is 3. The second-order valence-electron chi connectivity index (χ2n) is 7.44. The van der Waals surface area contributed by atoms with Crippen molar-refractivity contribution in [1.82, 2.24) is 15.5 Å². The van der Waals surface area contributed by atoms with E-state index < -0.39 is 0 Å². The van der Waals surface area contributed by atoms with Gasteiger partial charge >= 0.3 is 0 Å². The molecule has 1 aliphatic heterocycles. The number of anilines is 1. The number of amides is 1. The summed E-state index contributed by atoms with van der Waals surface area (Å²) < 4.78 is 0. The van der Waals surface area contributed by atoms with Crippen LogP contribution in [-0.4, -0.2) is 62.6 Å². The maximum Gasteiger partial charge on any atom is 0.221 e. The molecule has 1 heterocycles. The van der Waals surface area contributed by atoms with Gasteiger partial charge in [-0.25, -0.2) is 0 Å². The number of carbonyl (C=O) groups is 1. The summed E-state index contributed by atoms with van der Waals surface area (Å²) in [6.07, 6.45) is 6.55. The normalized spacial score (nSPS) is 18.4. The predicted molar refractivity (Wildman–Crippen MR) is 127 cm³/mol. The number of hydrogen-bond donors (Lipinski definition) is 2. The van der Waals surface area contributed by atoms with Gasteiger partial charge in [0.2, 0.25) is 5.91 Å². The van der Waals surface area contributed by atoms with Crippen molar-refractivity contribution in [2.45, 2.75) is 44.6 Å². The highest BCUT2D eigenvalue weighted by Gasteiger charge is 2.20. The van der Waals surface area contributed by atoms with Crippen LogP contribution >= 0.6 is 24.0 Å². The molecule has 2 aliphatic rings. The van der Waals surface area contributed by atoms with Crippen LogP contribution in [0.25, 0.3) is 0 Å². The number of carbonyl (C=O) groups excluding carboxylic acids is 1. The van der Waals surface area contributed by atoms with E-state index in [0.717, 1.165) is 45.0 Å². The first kappa shape index (κ1) is 22.8. The van der Waals surface area contributed by atoms with Crippen LogP contribution in [0.1, 0.15) is 38.5 Å². The van der Waals surface area contributed by atoms with E-state index in [1.807, 2.05) is 7.05 Å². The Hall–Kier alpha value is -1.51. The molecule has 2 fully saturated rings. The number of halogens is 1. The zero-order valence-corrected chi connectivity index (χ0v) is 19.2. The summed E-state index contributed by atoms with van der Waals surface area (Å²) in [7, 11) is 1.81. The molecule has 1 saturated carbocycles. The summed E-state index contributed by atoms with van der Waals surface area (Å²) in [6, 6.07) is 10.9. The fraction of sp³-hybridized carbons (Fsp3) is 0.619. The fourth-order valence-corrected chi connectivity index (χ4v) is 3.98. The number of nitrogens with zero attached hydrogens (tertiary/aromatic N) is 3. The molecule has 0 radical (unpaired) electrons. The van der Waals surface area contributed by atoms with Crippen molar-refractivity contribution in [3.8, 4) is 0 Å². The molecule has 156 valence electrons. The molecule has 28 heavy (non-hydrogen) atoms. The van der Waals surface area contributed by atoms with E-state index in [1.165, 1.54) is 24.9 Å². The zero-order valence-electron chi connectivity index (χ0n) is 16.9. The van der Waals surface area contributed by atoms with Crippen LogP contribution in [0.3, 0.4) is 0 Å². The Morgan fingerprint density at radius 2 is 1.75 bits per heavy atom. The molecule has 1 aromatic rings. The lowest BCUT2D eigenvalue weighted by atomic mass is 9.95. The Morgan fingerprint density at radius 1 is 1.07 bits per heavy atom. The third kappa shape index (κ3) is 6.83. The average Bonchev–Trinajstić information content (AvgIpc) is 2.73. The maximum absolute atomic E-state index is 12.1. The van der Waals surface area contributed by atoms with Gasteiger partial charge in [0.1, 0.15) is 0 Å². The van der Waals surface area contributed by atoms with Gasteiger partial charge in [-0.3, -0.25) is 9.79 Å². The molecular weight excluding hydrogens is 465 g/mol. The topological polar surface area (TPSA) is 60.0 Å². The smallest absolute Gasteiger partial charge is 0.221 e. The Labute approximate surface area is 186 Å². The van der Waals surface area contributed by atoms with Crippen LogP contribution in [-0.2, 0) is 4.79 Å². The van der Waals surface area contributed by atoms with E-state index in [-0.39, 0.29) is 29.9 Å². The number of para-hydroxylation sites is 1. The van der Waals surface area contributed by atoms with Crippen molar-refractivity contribution in [3.63, 3.8) is 0 Å². The van der Waals surface area contributed by atoms with Crippen LogP contribution in [0, 0.1) is 0 Å². The summed E-state index contributed by atoms with van der Waals surface area (Å²) >= 11 is 0. The van der Waals surface area contributed by atoms with Gasteiger partial charge in [-0.2, -0.15) is 0 Å². The Bertz CT molecular complexity index is 610. The second kappa shape index (κ2) is 12.1. The van der Waals surface area contributed by atoms with E-state index in [4.69, 9.17) is 0 Å². The lowest BCUT2D eigenvalue weighted by Crippen LogP contribution is -2.53. The minimum atomic E-state index is 0. The summed E-state index contributed by atoms with van der Waals surface area (Å²) in [5.74, 6) is 1.05. The van der Waals surface area contributed by atoms with Gasteiger partial charge in [-0.15, -0.1) is 24.0 Å². The Balaban J connectivity index is 0.00000280. The molecular formula is C21H34IN5O. The molecule has 6 nitrogen and oxygen atoms in total. The standard InChI is InChI=1S/C21H33N5O.HI/c1-22-21(23-13-12-20(27)24-18-8-4-2-5-9-18)26-16-14-25(15-17-26)19-10-6-3-7-11-19;/h3,6-7,10-11,18H,2,4-5,8-9,12-17H2,1H3,(H,22,23)(H,24,27);1H. The van der Waals surface area contributed by atoms with Crippen LogP contribution < -0.4 is 15.5 Å². The molecule has 2 N–H and O–H groups in total. The number of rotatable bonds is 5. The molecule has 0 bridgehead atoms. The second-order valence-corrected chi connectivity index (χ2v) is 7.44. The minimum absolute atomic E-state index is 0. The van der Waals surface area contributed by atoms with Crippen LogP contribution in [0.4, 0.5) is 5.69 Å². The number of aliphatic imine (C=N–C) groups is 1. The fourth-order valence-electron chi connectivity index (χ4n) is 3.98. The van der Waals surface area contributed by atoms with Gasteiger partial charge in [-0.1, -0.05) is 37.5 Å². The van der Waals surface area contributed by atoms with Crippen molar-refractivity contribution in [2.24, 2.45) is 4.99 Å². The van der Waals surface area contributed by atoms with Crippen molar-refractivity contribution in [3.05, 3.63) is 30.3 Å². The zero-order chi connectivity index (χ0) is 18.9. The van der Waals surface area contributed by atoms with Crippen LogP contribution in [0.15, 0.2) is 35.3 Å². The third-order valence-corrected chi connectivity index (χ3v) is 5.52. The average molecular weight is 499 g/mol. The third-order valence-electron chi connectivity index (χ3n) is 5.52. The van der Waals surface area contributed by atoms with Crippen molar-refractivity contribution < 1.29 is 4.79 Å². The van der Waals surface area contributed by atoms with Gasteiger partial charge < -0.3 is 20.4 Å². The summed E-state index contributed by atoms with van der Waals surface area (Å²) in [6.45, 7) is 4.45. The summed E-state index contributed by atoms with van der Waals surface area (Å²) in [5, 5.41) is 6.53. The van der Waals surface area contributed by atoms with E-state index in [2.05, 4.69) is 55.8 Å². The van der Waals surface area contributed by atoms with Gasteiger partial charge in [0.15, 0.2) is 5.96 Å². The summed E-state index contributed by atoms with van der Waals surface area (Å²) in [5.41, 5.74) is 1.28. The monoisotopic (exact) mass is 499 g/mol. The molecule has 1 amide bonds. The lowest BCUT2D eigenvalue weighted by Gasteiger charge is -2.37. The van der Waals surface area contributed by atoms with Crippen molar-refractivity contribution >= 4 is 41.5 Å². The lowest BCUT2D eigenvalue weighted by molar-refractivity contribution is -0.121. The first-order chi connectivity index (χ1) is 13.3. The summed E-state index contributed by atoms with van der Waals surface area (Å²) in [4.78, 5) is 21.2. The van der Waals surface area contributed by atoms with Gasteiger partial charge in [-0.05, 0) is 25.0 Å². The highest BCUT2D eigenvalue weighted by Crippen LogP contribution is 2.17. The number of guanidine groups is 1. The molecule has 1 aliphatic carbocycles. The molecule has 7 heteroatoms. The largest absolute Gasteiger partial charge is 0.368 e. The Morgan fingerprint density at radius 3 is 2.39 bits per heavy atom. The first-order valence-corrected chi connectivity index (χ1v) is 10.3. The van der Waals surface area contributed by atoms with E-state index in [9.17, 15) is 4.79 Å². The highest BCUT2D eigenvalue weighted by molar-refractivity contribution is 14.0. The van der Waals surface area contributed by atoms with Gasteiger partial charge in [0, 0.05) is 57.9 Å². The van der Waals surface area contributed by atoms with E-state index >= 15 is 0 Å². The van der Waals surface area contributed by atoms with Crippen molar-refractivity contribution in [1.29, 1.82) is 0 Å². The van der Waals surface area contributed by atoms with Crippen LogP contribution in [0.5, 0.6) is 0 Å². The van der Waals surface area contributed by atoms with Crippen molar-refractivity contribution in [2.75, 3.05) is 44.7 Å². The van der Waals surface area contributed by atoms with Crippen LogP contribution in [0.2, 0.25) is 0 Å². The SMILES string of the molecule is CN=C(NCCC(=O)NC1CCCCC1)N1CCN(c2ccccc2)CC1.I. The predicted octanol–water partition coefficient (Wildman–Crippen LogP) is 2.84. The molecule has 3 rings (SSSR count).